The molecule has 3 aliphatic heterocycles. The average Bonchev–Trinajstić information content (AvgIpc) is 3.20. The molecule has 8 heteroatoms. The Morgan fingerprint density at radius 2 is 1.90 bits per heavy atom. The van der Waals surface area contributed by atoms with E-state index in [1.807, 2.05) is 0 Å². The number of hydrogen-bond acceptors (Lipinski definition) is 4. The smallest absolute Gasteiger partial charge is 0.327 e. The molecule has 3 fully saturated rings. The zero-order valence-electron chi connectivity index (χ0n) is 19.6. The molecule has 0 spiro atoms. The van der Waals surface area contributed by atoms with Crippen molar-refractivity contribution in [2.45, 2.75) is 87.7 Å². The Morgan fingerprint density at radius 1 is 1.27 bits per heavy atom. The van der Waals surface area contributed by atoms with Crippen LogP contribution in [0.25, 0.3) is 0 Å². The van der Waals surface area contributed by atoms with E-state index in [2.05, 4.69) is 40.9 Å². The van der Waals surface area contributed by atoms with Crippen molar-refractivity contribution in [2.75, 3.05) is 33.3 Å². The van der Waals surface area contributed by atoms with Gasteiger partial charge in [0.1, 0.15) is 6.04 Å². The summed E-state index contributed by atoms with van der Waals surface area (Å²) in [5.74, 6) is -0.921. The number of aliphatic carboxylic acids is 1. The molecule has 172 valence electrons. The van der Waals surface area contributed by atoms with Gasteiger partial charge in [-0.05, 0) is 37.4 Å². The zero-order chi connectivity index (χ0) is 22.3. The molecule has 3 aliphatic rings. The third-order valence-electron chi connectivity index (χ3n) is 7.94. The molecule has 0 bridgehead atoms. The van der Waals surface area contributed by atoms with E-state index in [9.17, 15) is 14.7 Å². The molecular formula is C22H41N2O4SSi+. The van der Waals surface area contributed by atoms with E-state index in [4.69, 9.17) is 4.43 Å². The summed E-state index contributed by atoms with van der Waals surface area (Å²) in [6.07, 6.45) is 5.22. The Morgan fingerprint density at radius 3 is 2.47 bits per heavy atom. The number of nitrogens with zero attached hydrogens (tertiary/aromatic N) is 2. The van der Waals surface area contributed by atoms with Crippen LogP contribution in [0.15, 0.2) is 0 Å². The van der Waals surface area contributed by atoms with Crippen LogP contribution < -0.4 is 0 Å². The van der Waals surface area contributed by atoms with Gasteiger partial charge in [0.25, 0.3) is 0 Å². The summed E-state index contributed by atoms with van der Waals surface area (Å²) in [5.41, 5.74) is 0. The Balaban J connectivity index is 1.53. The number of thioether (sulfide) groups is 1. The van der Waals surface area contributed by atoms with Gasteiger partial charge in [0.05, 0.1) is 38.0 Å². The van der Waals surface area contributed by atoms with E-state index in [-0.39, 0.29) is 27.5 Å². The fourth-order valence-electron chi connectivity index (χ4n) is 4.86. The highest BCUT2D eigenvalue weighted by molar-refractivity contribution is 8.01. The number of carbonyl (C=O) groups excluding carboxylic acids is 1. The van der Waals surface area contributed by atoms with Crippen molar-refractivity contribution in [3.8, 4) is 0 Å². The minimum atomic E-state index is -1.83. The molecule has 1 N–H and O–H groups in total. The normalized spacial score (nSPS) is 31.0. The van der Waals surface area contributed by atoms with Crippen molar-refractivity contribution in [2.24, 2.45) is 5.92 Å². The largest absolute Gasteiger partial charge is 0.480 e. The zero-order valence-corrected chi connectivity index (χ0v) is 21.5. The number of carboxylic acid groups (broad SMARTS) is 1. The van der Waals surface area contributed by atoms with Crippen molar-refractivity contribution in [3.63, 3.8) is 0 Å². The summed E-state index contributed by atoms with van der Waals surface area (Å²) in [7, 11) is 0.492. The standard InChI is InChI=1S/C22H40N2O4SSi/c1-22(2,3)30(5,6)28-15-11-16-19(25)23-18(21(26)27)17(29-20(16)23)10-9-14-24(4)12-7-8-13-24/h16-18,20H,7-15H2,1-6H3/p+1/t16-,17?,18?,20+/m0/s1. The number of carboxylic acids is 1. The lowest BCUT2D eigenvalue weighted by Gasteiger charge is -2.44. The topological polar surface area (TPSA) is 66.8 Å². The highest BCUT2D eigenvalue weighted by Gasteiger charge is 2.60. The van der Waals surface area contributed by atoms with E-state index in [1.165, 1.54) is 25.9 Å². The number of amides is 1. The molecule has 3 heterocycles. The minimum Gasteiger partial charge on any atom is -0.480 e. The monoisotopic (exact) mass is 457 g/mol. The van der Waals surface area contributed by atoms with Gasteiger partial charge in [-0.2, -0.15) is 0 Å². The molecular weight excluding hydrogens is 416 g/mol. The van der Waals surface area contributed by atoms with E-state index in [0.29, 0.717) is 13.0 Å². The number of rotatable bonds is 9. The third-order valence-corrected chi connectivity index (χ3v) is 14.2. The van der Waals surface area contributed by atoms with Gasteiger partial charge >= 0.3 is 5.97 Å². The van der Waals surface area contributed by atoms with Crippen molar-refractivity contribution in [1.29, 1.82) is 0 Å². The van der Waals surface area contributed by atoms with Crippen molar-refractivity contribution >= 4 is 32.0 Å². The van der Waals surface area contributed by atoms with Gasteiger partial charge in [0.2, 0.25) is 5.91 Å². The molecule has 3 saturated heterocycles. The molecule has 6 nitrogen and oxygen atoms in total. The number of likely N-dealkylation sites (tertiary alicyclic amines) is 1. The van der Waals surface area contributed by atoms with Gasteiger partial charge in [-0.1, -0.05) is 20.8 Å². The van der Waals surface area contributed by atoms with Crippen molar-refractivity contribution in [3.05, 3.63) is 0 Å². The number of carbonyl (C=O) groups is 2. The molecule has 0 aromatic carbocycles. The van der Waals surface area contributed by atoms with Crippen LogP contribution in [0.3, 0.4) is 0 Å². The highest BCUT2D eigenvalue weighted by atomic mass is 32.2. The van der Waals surface area contributed by atoms with Crippen LogP contribution >= 0.6 is 11.8 Å². The van der Waals surface area contributed by atoms with Crippen LogP contribution in [-0.2, 0) is 14.0 Å². The van der Waals surface area contributed by atoms with E-state index in [0.717, 1.165) is 23.9 Å². The number of β-lactam (4-membered cyclic amide) rings is 1. The first kappa shape index (κ1) is 24.1. The maximum Gasteiger partial charge on any atom is 0.327 e. The van der Waals surface area contributed by atoms with Crippen molar-refractivity contribution in [1.82, 2.24) is 4.90 Å². The highest BCUT2D eigenvalue weighted by Crippen LogP contribution is 2.50. The first-order chi connectivity index (χ1) is 13.9. The predicted octanol–water partition coefficient (Wildman–Crippen LogP) is 3.77. The molecule has 2 unspecified atom stereocenters. The number of quaternary nitrogens is 1. The lowest BCUT2D eigenvalue weighted by Crippen LogP contribution is -2.62. The second kappa shape index (κ2) is 8.75. The van der Waals surface area contributed by atoms with E-state index >= 15 is 0 Å². The fourth-order valence-corrected chi connectivity index (χ4v) is 7.79. The molecule has 0 aliphatic carbocycles. The fraction of sp³-hybridized carbons (Fsp3) is 0.909. The first-order valence-electron chi connectivity index (χ1n) is 11.5. The molecule has 0 aromatic heterocycles. The van der Waals surface area contributed by atoms with Gasteiger partial charge in [-0.25, -0.2) is 4.79 Å². The van der Waals surface area contributed by atoms with Crippen LogP contribution in [0.4, 0.5) is 0 Å². The van der Waals surface area contributed by atoms with Crippen LogP contribution in [0.2, 0.25) is 18.1 Å². The maximum absolute atomic E-state index is 12.8. The Bertz CT molecular complexity index is 660. The van der Waals surface area contributed by atoms with Gasteiger partial charge in [-0.3, -0.25) is 4.79 Å². The Labute approximate surface area is 187 Å². The summed E-state index contributed by atoms with van der Waals surface area (Å²) in [6.45, 7) is 15.3. The molecule has 1 amide bonds. The number of hydrogen-bond donors (Lipinski definition) is 1. The maximum atomic E-state index is 12.8. The molecule has 3 rings (SSSR count). The first-order valence-corrected chi connectivity index (χ1v) is 15.4. The molecule has 0 saturated carbocycles. The summed E-state index contributed by atoms with van der Waals surface area (Å²) in [5, 5.41) is 9.99. The number of fused-ring (bicyclic) bond motifs is 1. The third kappa shape index (κ3) is 4.76. The van der Waals surface area contributed by atoms with Gasteiger partial charge in [-0.15, -0.1) is 11.8 Å². The molecule has 4 atom stereocenters. The van der Waals surface area contributed by atoms with Crippen LogP contribution in [0.5, 0.6) is 0 Å². The lowest BCUT2D eigenvalue weighted by atomic mass is 9.91. The second-order valence-corrected chi connectivity index (χ2v) is 17.4. The summed E-state index contributed by atoms with van der Waals surface area (Å²) >= 11 is 1.73. The Kier molecular flexibility index (Phi) is 7.02. The van der Waals surface area contributed by atoms with Crippen LogP contribution in [0.1, 0.15) is 52.9 Å². The predicted molar refractivity (Wildman–Crippen MR) is 124 cm³/mol. The molecule has 0 aromatic rings. The Hall–Kier alpha value is -0.573. The minimum absolute atomic E-state index is 0.0111. The van der Waals surface area contributed by atoms with Gasteiger partial charge in [0.15, 0.2) is 8.32 Å². The van der Waals surface area contributed by atoms with Crippen LogP contribution in [-0.4, -0.2) is 84.6 Å². The molecule has 30 heavy (non-hydrogen) atoms. The summed E-state index contributed by atoms with van der Waals surface area (Å²) in [4.78, 5) is 26.4. The molecule has 0 radical (unpaired) electrons. The summed E-state index contributed by atoms with van der Waals surface area (Å²) < 4.78 is 7.39. The lowest BCUT2D eigenvalue weighted by molar-refractivity contribution is -0.897. The quantitative estimate of drug-likeness (QED) is 0.324. The van der Waals surface area contributed by atoms with E-state index < -0.39 is 20.3 Å². The van der Waals surface area contributed by atoms with Crippen LogP contribution in [0, 0.1) is 5.92 Å². The van der Waals surface area contributed by atoms with E-state index in [1.54, 1.807) is 16.7 Å². The van der Waals surface area contributed by atoms with Crippen molar-refractivity contribution < 1.29 is 23.6 Å². The van der Waals surface area contributed by atoms with Gasteiger partial charge < -0.3 is 18.9 Å². The van der Waals surface area contributed by atoms with Gasteiger partial charge in [0, 0.05) is 24.7 Å². The average molecular weight is 458 g/mol. The second-order valence-electron chi connectivity index (χ2n) is 11.2. The summed E-state index contributed by atoms with van der Waals surface area (Å²) in [6, 6.07) is -0.658. The SMILES string of the molecule is CC(C)(C)[Si](C)(C)OCC[C@H]1C(=O)N2C(C(=O)O)C(CCC[N+]3(C)CCCC3)S[C@H]12.